The van der Waals surface area contributed by atoms with E-state index in [0.717, 1.165) is 30.4 Å². The molecular formula is C13H18FN. The minimum Gasteiger partial charge on any atom is -0.325 e. The molecule has 1 aromatic carbocycles. The molecule has 1 aliphatic carbocycles. The van der Waals surface area contributed by atoms with E-state index in [1.807, 2.05) is 0 Å². The Bertz CT molecular complexity index is 367. The van der Waals surface area contributed by atoms with Crippen LogP contribution in [0.4, 0.5) is 4.39 Å². The molecule has 0 aromatic heterocycles. The third kappa shape index (κ3) is 2.57. The van der Waals surface area contributed by atoms with Crippen LogP contribution in [0.25, 0.3) is 0 Å². The van der Waals surface area contributed by atoms with E-state index in [0.29, 0.717) is 5.92 Å². The van der Waals surface area contributed by atoms with Gasteiger partial charge in [-0.05, 0) is 48.4 Å². The van der Waals surface area contributed by atoms with Crippen molar-refractivity contribution in [2.45, 2.75) is 44.6 Å². The largest absolute Gasteiger partial charge is 0.325 e. The molecule has 1 nitrogen and oxygen atoms in total. The maximum atomic E-state index is 13.3. The van der Waals surface area contributed by atoms with Gasteiger partial charge in [0.1, 0.15) is 5.82 Å². The van der Waals surface area contributed by atoms with E-state index >= 15 is 0 Å². The van der Waals surface area contributed by atoms with Crippen LogP contribution >= 0.6 is 0 Å². The second-order valence-corrected chi connectivity index (χ2v) is 5.09. The molecule has 0 heterocycles. The van der Waals surface area contributed by atoms with Crippen LogP contribution in [0.2, 0.25) is 0 Å². The van der Waals surface area contributed by atoms with Crippen LogP contribution in [0, 0.1) is 5.82 Å². The Morgan fingerprint density at radius 2 is 2.00 bits per heavy atom. The Morgan fingerprint density at radius 3 is 2.53 bits per heavy atom. The third-order valence-corrected chi connectivity index (χ3v) is 3.09. The summed E-state index contributed by atoms with van der Waals surface area (Å²) in [7, 11) is 0. The summed E-state index contributed by atoms with van der Waals surface area (Å²) in [6.07, 6.45) is 2.95. The molecule has 1 aliphatic rings. The summed E-state index contributed by atoms with van der Waals surface area (Å²) < 4.78 is 13.3. The highest BCUT2D eigenvalue weighted by atomic mass is 19.1. The molecule has 15 heavy (non-hydrogen) atoms. The Labute approximate surface area is 90.5 Å². The Kier molecular flexibility index (Phi) is 2.55. The zero-order valence-electron chi connectivity index (χ0n) is 9.39. The van der Waals surface area contributed by atoms with Crippen molar-refractivity contribution in [1.82, 2.24) is 0 Å². The van der Waals surface area contributed by atoms with Crippen LogP contribution in [0.3, 0.4) is 0 Å². The first-order chi connectivity index (χ1) is 6.98. The molecule has 2 N–H and O–H groups in total. The molecule has 2 heteroatoms. The van der Waals surface area contributed by atoms with Crippen molar-refractivity contribution < 1.29 is 4.39 Å². The average Bonchev–Trinajstić information content (AvgIpc) is 2.81. The minimum atomic E-state index is -0.138. The third-order valence-electron chi connectivity index (χ3n) is 3.09. The summed E-state index contributed by atoms with van der Waals surface area (Å²) in [5.74, 6) is 0.229. The molecule has 0 spiro atoms. The van der Waals surface area contributed by atoms with Gasteiger partial charge >= 0.3 is 0 Å². The SMILES string of the molecule is CC(C)c1cc(F)cc(CC2(N)CC2)c1. The van der Waals surface area contributed by atoms with Gasteiger partial charge < -0.3 is 5.73 Å². The quantitative estimate of drug-likeness (QED) is 0.810. The van der Waals surface area contributed by atoms with Gasteiger partial charge in [0.05, 0.1) is 0 Å². The summed E-state index contributed by atoms with van der Waals surface area (Å²) in [5, 5.41) is 0. The van der Waals surface area contributed by atoms with Crippen molar-refractivity contribution in [2.75, 3.05) is 0 Å². The smallest absolute Gasteiger partial charge is 0.123 e. The second kappa shape index (κ2) is 3.60. The summed E-state index contributed by atoms with van der Waals surface area (Å²) in [5.41, 5.74) is 8.10. The number of hydrogen-bond acceptors (Lipinski definition) is 1. The zero-order valence-corrected chi connectivity index (χ0v) is 9.39. The van der Waals surface area contributed by atoms with E-state index in [4.69, 9.17) is 5.73 Å². The van der Waals surface area contributed by atoms with Crippen LogP contribution in [-0.4, -0.2) is 5.54 Å². The first kappa shape index (κ1) is 10.6. The van der Waals surface area contributed by atoms with Gasteiger partial charge in [-0.25, -0.2) is 4.39 Å². The molecule has 0 aliphatic heterocycles. The normalized spacial score (nSPS) is 18.2. The fourth-order valence-corrected chi connectivity index (χ4v) is 1.85. The summed E-state index contributed by atoms with van der Waals surface area (Å²) in [4.78, 5) is 0. The fourth-order valence-electron chi connectivity index (χ4n) is 1.85. The van der Waals surface area contributed by atoms with Crippen molar-refractivity contribution in [2.24, 2.45) is 5.73 Å². The summed E-state index contributed by atoms with van der Waals surface area (Å²) in [6, 6.07) is 5.31. The van der Waals surface area contributed by atoms with Gasteiger partial charge in [-0.15, -0.1) is 0 Å². The predicted molar refractivity (Wildman–Crippen MR) is 60.3 cm³/mol. The number of benzene rings is 1. The van der Waals surface area contributed by atoms with Gasteiger partial charge in [0.15, 0.2) is 0 Å². The van der Waals surface area contributed by atoms with Gasteiger partial charge in [-0.3, -0.25) is 0 Å². The summed E-state index contributed by atoms with van der Waals surface area (Å²) in [6.45, 7) is 4.15. The molecule has 0 radical (unpaired) electrons. The molecule has 0 atom stereocenters. The first-order valence-corrected chi connectivity index (χ1v) is 5.57. The molecular weight excluding hydrogens is 189 g/mol. The lowest BCUT2D eigenvalue weighted by Crippen LogP contribution is -2.24. The molecule has 1 saturated carbocycles. The highest BCUT2D eigenvalue weighted by Gasteiger charge is 2.38. The minimum absolute atomic E-state index is 0.0396. The van der Waals surface area contributed by atoms with E-state index in [-0.39, 0.29) is 11.4 Å². The van der Waals surface area contributed by atoms with Crippen LogP contribution < -0.4 is 5.73 Å². The van der Waals surface area contributed by atoms with Gasteiger partial charge in [-0.1, -0.05) is 19.9 Å². The van der Waals surface area contributed by atoms with E-state index < -0.39 is 0 Å². The molecule has 2 rings (SSSR count). The molecule has 0 bridgehead atoms. The maximum Gasteiger partial charge on any atom is 0.123 e. The highest BCUT2D eigenvalue weighted by Crippen LogP contribution is 2.36. The fraction of sp³-hybridized carbons (Fsp3) is 0.538. The van der Waals surface area contributed by atoms with E-state index in [2.05, 4.69) is 19.9 Å². The lowest BCUT2D eigenvalue weighted by Gasteiger charge is -2.12. The lowest BCUT2D eigenvalue weighted by molar-refractivity contribution is 0.613. The van der Waals surface area contributed by atoms with Crippen LogP contribution in [0.15, 0.2) is 18.2 Å². The van der Waals surface area contributed by atoms with Gasteiger partial charge in [0.25, 0.3) is 0 Å². The predicted octanol–water partition coefficient (Wildman–Crippen LogP) is 2.98. The Morgan fingerprint density at radius 1 is 1.33 bits per heavy atom. The van der Waals surface area contributed by atoms with E-state index in [1.54, 1.807) is 12.1 Å². The monoisotopic (exact) mass is 207 g/mol. The van der Waals surface area contributed by atoms with Crippen LogP contribution in [-0.2, 0) is 6.42 Å². The Balaban J connectivity index is 2.23. The topological polar surface area (TPSA) is 26.0 Å². The first-order valence-electron chi connectivity index (χ1n) is 5.57. The van der Waals surface area contributed by atoms with Crippen LogP contribution in [0.5, 0.6) is 0 Å². The zero-order chi connectivity index (χ0) is 11.1. The van der Waals surface area contributed by atoms with Crippen LogP contribution in [0.1, 0.15) is 43.7 Å². The molecule has 1 aromatic rings. The molecule has 82 valence electrons. The molecule has 0 saturated heterocycles. The van der Waals surface area contributed by atoms with Gasteiger partial charge in [0.2, 0.25) is 0 Å². The average molecular weight is 207 g/mol. The van der Waals surface area contributed by atoms with Crippen molar-refractivity contribution in [3.63, 3.8) is 0 Å². The maximum absolute atomic E-state index is 13.3. The number of nitrogens with two attached hydrogens (primary N) is 1. The van der Waals surface area contributed by atoms with Crippen molar-refractivity contribution >= 4 is 0 Å². The standard InChI is InChI=1S/C13H18FN/c1-9(2)11-5-10(6-12(14)7-11)8-13(15)3-4-13/h5-7,9H,3-4,8,15H2,1-2H3. The van der Waals surface area contributed by atoms with E-state index in [1.165, 1.54) is 0 Å². The molecule has 0 unspecified atom stereocenters. The highest BCUT2D eigenvalue weighted by molar-refractivity contribution is 5.29. The van der Waals surface area contributed by atoms with Crippen molar-refractivity contribution in [1.29, 1.82) is 0 Å². The van der Waals surface area contributed by atoms with Crippen molar-refractivity contribution in [3.05, 3.63) is 35.1 Å². The number of rotatable bonds is 3. The van der Waals surface area contributed by atoms with Crippen molar-refractivity contribution in [3.8, 4) is 0 Å². The Hall–Kier alpha value is -0.890. The number of hydrogen-bond donors (Lipinski definition) is 1. The number of halogens is 1. The molecule has 0 amide bonds. The molecule has 1 fully saturated rings. The van der Waals surface area contributed by atoms with E-state index in [9.17, 15) is 4.39 Å². The van der Waals surface area contributed by atoms with Gasteiger partial charge in [-0.2, -0.15) is 0 Å². The second-order valence-electron chi connectivity index (χ2n) is 5.09. The summed E-state index contributed by atoms with van der Waals surface area (Å²) >= 11 is 0. The van der Waals surface area contributed by atoms with Gasteiger partial charge in [0, 0.05) is 5.54 Å². The lowest BCUT2D eigenvalue weighted by atomic mass is 9.97.